The second-order valence-corrected chi connectivity index (χ2v) is 6.99. The van der Waals surface area contributed by atoms with Gasteiger partial charge in [-0.1, -0.05) is 12.1 Å². The molecule has 0 saturated carbocycles. The van der Waals surface area contributed by atoms with Gasteiger partial charge in [-0.2, -0.15) is 0 Å². The number of aryl methyl sites for hydroxylation is 1. The number of carbonyl (C=O) groups is 1. The van der Waals surface area contributed by atoms with E-state index < -0.39 is 10.8 Å². The quantitative estimate of drug-likeness (QED) is 0.446. The van der Waals surface area contributed by atoms with Crippen LogP contribution in [0.1, 0.15) is 22.3 Å². The number of carbonyl (C=O) groups excluding carboxylic acids is 1. The number of nitrogens with zero attached hydrogens (tertiary/aromatic N) is 4. The lowest BCUT2D eigenvalue weighted by molar-refractivity contribution is -0.384. The molecule has 1 aromatic heterocycles. The number of aliphatic hydroxyl groups is 1. The molecule has 0 unspecified atom stereocenters. The van der Waals surface area contributed by atoms with Crippen molar-refractivity contribution in [3.05, 3.63) is 63.7 Å². The third-order valence-corrected chi connectivity index (χ3v) is 4.40. The number of non-ortho nitro benzene ring substituents is 1. The number of fused-ring (bicyclic) bond motifs is 1. The van der Waals surface area contributed by atoms with Gasteiger partial charge in [-0.25, -0.2) is 4.98 Å². The molecule has 0 radical (unpaired) electrons. The predicted octanol–water partition coefficient (Wildman–Crippen LogP) is 2.64. The van der Waals surface area contributed by atoms with Crippen LogP contribution in [0.5, 0.6) is 0 Å². The number of nitrogens with one attached hydrogen (secondary N) is 1. The third-order valence-electron chi connectivity index (χ3n) is 4.40. The monoisotopic (exact) mass is 397 g/mol. The maximum atomic E-state index is 12.7. The molecule has 2 aromatic carbocycles. The summed E-state index contributed by atoms with van der Waals surface area (Å²) < 4.78 is 1.83. The zero-order valence-corrected chi connectivity index (χ0v) is 16.3. The number of amides is 1. The van der Waals surface area contributed by atoms with Crippen LogP contribution in [0, 0.1) is 10.1 Å². The molecular weight excluding hydrogens is 374 g/mol. The van der Waals surface area contributed by atoms with Gasteiger partial charge < -0.3 is 14.6 Å². The number of aliphatic hydroxyl groups excluding tert-OH is 1. The molecule has 9 nitrogen and oxygen atoms in total. The summed E-state index contributed by atoms with van der Waals surface area (Å²) in [7, 11) is 3.96. The topological polar surface area (TPSA) is 114 Å². The molecule has 0 aliphatic carbocycles. The minimum Gasteiger partial charge on any atom is -0.396 e. The van der Waals surface area contributed by atoms with E-state index in [2.05, 4.69) is 15.2 Å². The van der Waals surface area contributed by atoms with Crippen LogP contribution in [0.3, 0.4) is 0 Å². The Bertz CT molecular complexity index is 1040. The van der Waals surface area contributed by atoms with Gasteiger partial charge in [0.05, 0.1) is 16.0 Å². The molecule has 0 fully saturated rings. The number of imidazole rings is 1. The highest BCUT2D eigenvalue weighted by Crippen LogP contribution is 2.23. The summed E-state index contributed by atoms with van der Waals surface area (Å²) in [6.07, 6.45) is 0.505. The van der Waals surface area contributed by atoms with Crippen molar-refractivity contribution in [2.45, 2.75) is 19.5 Å². The van der Waals surface area contributed by atoms with E-state index in [-0.39, 0.29) is 17.9 Å². The first-order chi connectivity index (χ1) is 13.9. The molecule has 1 heterocycles. The fourth-order valence-corrected chi connectivity index (χ4v) is 3.12. The van der Waals surface area contributed by atoms with Crippen molar-refractivity contribution < 1.29 is 14.8 Å². The van der Waals surface area contributed by atoms with Gasteiger partial charge in [-0.15, -0.1) is 0 Å². The van der Waals surface area contributed by atoms with Crippen molar-refractivity contribution >= 4 is 28.6 Å². The van der Waals surface area contributed by atoms with Crippen LogP contribution in [0.4, 0.5) is 11.6 Å². The molecule has 0 spiro atoms. The normalized spacial score (nSPS) is 11.2. The van der Waals surface area contributed by atoms with Gasteiger partial charge in [0.15, 0.2) is 0 Å². The first-order valence-electron chi connectivity index (χ1n) is 9.19. The number of rotatable bonds is 8. The average molecular weight is 397 g/mol. The van der Waals surface area contributed by atoms with Crippen molar-refractivity contribution in [3.63, 3.8) is 0 Å². The van der Waals surface area contributed by atoms with Crippen LogP contribution in [0.15, 0.2) is 42.5 Å². The maximum Gasteiger partial charge on any atom is 0.270 e. The van der Waals surface area contributed by atoms with Gasteiger partial charge in [0.1, 0.15) is 0 Å². The van der Waals surface area contributed by atoms with Gasteiger partial charge in [-0.3, -0.25) is 20.2 Å². The molecule has 3 aromatic rings. The molecule has 0 atom stereocenters. The number of nitro groups is 1. The number of benzene rings is 2. The Kier molecular flexibility index (Phi) is 6.20. The molecular formula is C20H23N5O4. The summed E-state index contributed by atoms with van der Waals surface area (Å²) >= 11 is 0. The molecule has 3 rings (SSSR count). The smallest absolute Gasteiger partial charge is 0.270 e. The van der Waals surface area contributed by atoms with E-state index in [1.54, 1.807) is 0 Å². The summed E-state index contributed by atoms with van der Waals surface area (Å²) in [4.78, 5) is 29.7. The molecule has 152 valence electrons. The highest BCUT2D eigenvalue weighted by Gasteiger charge is 2.17. The number of hydrogen-bond donors (Lipinski definition) is 2. The maximum absolute atomic E-state index is 12.7. The summed E-state index contributed by atoms with van der Waals surface area (Å²) in [6.45, 7) is 1.25. The summed E-state index contributed by atoms with van der Waals surface area (Å²) in [5, 5.41) is 22.9. The lowest BCUT2D eigenvalue weighted by Gasteiger charge is -2.11. The standard InChI is InChI=1S/C20H23N5O4/c1-23(2)13-14-7-8-18-17(11-14)21-20(24(18)9-4-10-26)22-19(27)15-5-3-6-16(12-15)25(28)29/h3,5-8,11-12,26H,4,9-10,13H2,1-2H3,(H,21,22,27). The Hall–Kier alpha value is -3.30. The highest BCUT2D eigenvalue weighted by molar-refractivity contribution is 6.04. The van der Waals surface area contributed by atoms with Crippen molar-refractivity contribution in [3.8, 4) is 0 Å². The largest absolute Gasteiger partial charge is 0.396 e. The first kappa shape index (κ1) is 20.4. The highest BCUT2D eigenvalue weighted by atomic mass is 16.6. The second-order valence-electron chi connectivity index (χ2n) is 6.99. The van der Waals surface area contributed by atoms with Crippen molar-refractivity contribution in [2.75, 3.05) is 26.0 Å². The molecule has 0 saturated heterocycles. The Labute approximate surface area is 167 Å². The van der Waals surface area contributed by atoms with Crippen LogP contribution < -0.4 is 5.32 Å². The van der Waals surface area contributed by atoms with E-state index in [1.807, 2.05) is 36.9 Å². The van der Waals surface area contributed by atoms with Crippen molar-refractivity contribution in [2.24, 2.45) is 0 Å². The Morgan fingerprint density at radius 2 is 2.07 bits per heavy atom. The Morgan fingerprint density at radius 3 is 2.76 bits per heavy atom. The molecule has 0 aliphatic rings. The number of hydrogen-bond acceptors (Lipinski definition) is 6. The van der Waals surface area contributed by atoms with E-state index >= 15 is 0 Å². The summed E-state index contributed by atoms with van der Waals surface area (Å²) in [6, 6.07) is 11.5. The Morgan fingerprint density at radius 1 is 1.28 bits per heavy atom. The van der Waals surface area contributed by atoms with E-state index in [0.717, 1.165) is 23.1 Å². The fourth-order valence-electron chi connectivity index (χ4n) is 3.12. The fraction of sp³-hybridized carbons (Fsp3) is 0.300. The minimum atomic E-state index is -0.542. The molecule has 2 N–H and O–H groups in total. The van der Waals surface area contributed by atoms with Gasteiger partial charge in [0.2, 0.25) is 5.95 Å². The first-order valence-corrected chi connectivity index (χ1v) is 9.19. The van der Waals surface area contributed by atoms with E-state index in [1.165, 1.54) is 24.3 Å². The number of anilines is 1. The van der Waals surface area contributed by atoms with Crippen LogP contribution in [0.25, 0.3) is 11.0 Å². The minimum absolute atomic E-state index is 0.0106. The lowest BCUT2D eigenvalue weighted by Crippen LogP contribution is -2.16. The van der Waals surface area contributed by atoms with Crippen LogP contribution in [-0.2, 0) is 13.1 Å². The van der Waals surface area contributed by atoms with E-state index in [4.69, 9.17) is 0 Å². The van der Waals surface area contributed by atoms with E-state index in [0.29, 0.717) is 18.9 Å². The SMILES string of the molecule is CN(C)Cc1ccc2c(c1)nc(NC(=O)c1cccc([N+](=O)[O-])c1)n2CCCO. The third kappa shape index (κ3) is 4.76. The average Bonchev–Trinajstić information content (AvgIpc) is 3.02. The van der Waals surface area contributed by atoms with Crippen molar-refractivity contribution in [1.29, 1.82) is 0 Å². The molecule has 0 aliphatic heterocycles. The van der Waals surface area contributed by atoms with Gasteiger partial charge in [0.25, 0.3) is 11.6 Å². The second kappa shape index (κ2) is 8.80. The summed E-state index contributed by atoms with van der Waals surface area (Å²) in [5.74, 6) is -0.144. The number of aromatic nitrogens is 2. The van der Waals surface area contributed by atoms with Crippen LogP contribution in [0.2, 0.25) is 0 Å². The van der Waals surface area contributed by atoms with Gasteiger partial charge in [0, 0.05) is 37.4 Å². The zero-order chi connectivity index (χ0) is 21.0. The van der Waals surface area contributed by atoms with Crippen molar-refractivity contribution in [1.82, 2.24) is 14.5 Å². The van der Waals surface area contributed by atoms with Crippen LogP contribution in [-0.4, -0.2) is 51.1 Å². The zero-order valence-electron chi connectivity index (χ0n) is 16.3. The molecule has 0 bridgehead atoms. The Balaban J connectivity index is 1.95. The molecule has 1 amide bonds. The van der Waals surface area contributed by atoms with E-state index in [9.17, 15) is 20.0 Å². The lowest BCUT2D eigenvalue weighted by atomic mass is 10.2. The van der Waals surface area contributed by atoms with Crippen LogP contribution >= 0.6 is 0 Å². The number of nitro benzene ring substituents is 1. The molecule has 29 heavy (non-hydrogen) atoms. The molecule has 9 heteroatoms. The predicted molar refractivity (Wildman–Crippen MR) is 110 cm³/mol. The summed E-state index contributed by atoms with van der Waals surface area (Å²) in [5.41, 5.74) is 2.69. The van der Waals surface area contributed by atoms with Gasteiger partial charge >= 0.3 is 0 Å². The van der Waals surface area contributed by atoms with Gasteiger partial charge in [-0.05, 0) is 44.3 Å².